The summed E-state index contributed by atoms with van der Waals surface area (Å²) in [5.41, 5.74) is -0.245. The third-order valence-corrected chi connectivity index (χ3v) is 3.39. The lowest BCUT2D eigenvalue weighted by Crippen LogP contribution is -2.43. The van der Waals surface area contributed by atoms with Crippen molar-refractivity contribution in [3.63, 3.8) is 0 Å². The summed E-state index contributed by atoms with van der Waals surface area (Å²) in [5.74, 6) is 0.131. The van der Waals surface area contributed by atoms with Crippen molar-refractivity contribution in [3.8, 4) is 0 Å². The van der Waals surface area contributed by atoms with Crippen molar-refractivity contribution in [3.05, 3.63) is 0 Å². The lowest BCUT2D eigenvalue weighted by molar-refractivity contribution is -0.143. The Balaban J connectivity index is 2.48. The van der Waals surface area contributed by atoms with Crippen LogP contribution in [0.3, 0.4) is 0 Å². The predicted octanol–water partition coefficient (Wildman–Crippen LogP) is 2.97. The first kappa shape index (κ1) is 15.0. The van der Waals surface area contributed by atoms with Gasteiger partial charge < -0.3 is 9.64 Å². The molecule has 1 fully saturated rings. The molecule has 17 heavy (non-hydrogen) atoms. The minimum absolute atomic E-state index is 0.131. The van der Waals surface area contributed by atoms with Crippen molar-refractivity contribution in [2.24, 2.45) is 0 Å². The van der Waals surface area contributed by atoms with E-state index in [4.69, 9.17) is 4.74 Å². The van der Waals surface area contributed by atoms with E-state index < -0.39 is 0 Å². The molecule has 1 aliphatic carbocycles. The fourth-order valence-corrected chi connectivity index (χ4v) is 2.56. The number of ether oxygens (including phenoxy) is 1. The Labute approximate surface area is 113 Å². The molecular formula is C13H24BrNO2. The number of rotatable bonds is 5. The number of hydrogen-bond donors (Lipinski definition) is 0. The summed E-state index contributed by atoms with van der Waals surface area (Å²) < 4.78 is 5.57. The summed E-state index contributed by atoms with van der Waals surface area (Å²) in [6, 6.07) is 0.434. The van der Waals surface area contributed by atoms with Crippen LogP contribution in [0, 0.1) is 0 Å². The molecular weight excluding hydrogens is 282 g/mol. The first-order valence-corrected chi connectivity index (χ1v) is 7.55. The Bertz CT molecular complexity index is 244. The van der Waals surface area contributed by atoms with Gasteiger partial charge in [0.1, 0.15) is 6.61 Å². The molecule has 0 aliphatic heterocycles. The van der Waals surface area contributed by atoms with E-state index in [9.17, 15) is 4.79 Å². The molecule has 0 N–H and O–H groups in total. The van der Waals surface area contributed by atoms with Crippen LogP contribution in [0.15, 0.2) is 0 Å². The largest absolute Gasteiger partial charge is 0.366 e. The van der Waals surface area contributed by atoms with Gasteiger partial charge in [-0.1, -0.05) is 28.8 Å². The Morgan fingerprint density at radius 3 is 2.41 bits per heavy atom. The van der Waals surface area contributed by atoms with Crippen LogP contribution in [0.5, 0.6) is 0 Å². The predicted molar refractivity (Wildman–Crippen MR) is 73.5 cm³/mol. The summed E-state index contributed by atoms with van der Waals surface area (Å²) in [4.78, 5) is 14.1. The summed E-state index contributed by atoms with van der Waals surface area (Å²) >= 11 is 3.42. The second-order valence-corrected chi connectivity index (χ2v) is 6.41. The van der Waals surface area contributed by atoms with Crippen LogP contribution in [-0.2, 0) is 9.53 Å². The van der Waals surface area contributed by atoms with Gasteiger partial charge >= 0.3 is 0 Å². The topological polar surface area (TPSA) is 29.5 Å². The molecule has 0 saturated heterocycles. The molecule has 1 amide bonds. The van der Waals surface area contributed by atoms with E-state index in [0.717, 1.165) is 24.7 Å². The van der Waals surface area contributed by atoms with Crippen molar-refractivity contribution in [1.82, 2.24) is 4.90 Å². The maximum atomic E-state index is 12.1. The van der Waals surface area contributed by atoms with Crippen LogP contribution in [0.4, 0.5) is 0 Å². The highest BCUT2D eigenvalue weighted by molar-refractivity contribution is 9.09. The molecule has 0 aromatic rings. The van der Waals surface area contributed by atoms with Gasteiger partial charge in [0, 0.05) is 17.9 Å². The number of nitrogens with zero attached hydrogens (tertiary/aromatic N) is 1. The molecule has 0 heterocycles. The second-order valence-electron chi connectivity index (χ2n) is 5.62. The molecule has 0 radical (unpaired) electrons. The Morgan fingerprint density at radius 1 is 1.35 bits per heavy atom. The summed E-state index contributed by atoms with van der Waals surface area (Å²) in [5, 5.41) is 0.838. The van der Waals surface area contributed by atoms with Gasteiger partial charge in [-0.25, -0.2) is 0 Å². The number of hydrogen-bond acceptors (Lipinski definition) is 2. The van der Waals surface area contributed by atoms with Crippen LogP contribution >= 0.6 is 15.9 Å². The summed E-state index contributed by atoms with van der Waals surface area (Å²) in [6.45, 7) is 6.92. The number of carbonyl (C=O) groups is 1. The maximum Gasteiger partial charge on any atom is 0.248 e. The molecule has 1 aliphatic rings. The fraction of sp³-hybridized carbons (Fsp3) is 0.923. The molecule has 0 bridgehead atoms. The van der Waals surface area contributed by atoms with Crippen molar-refractivity contribution >= 4 is 21.8 Å². The van der Waals surface area contributed by atoms with Crippen molar-refractivity contribution in [2.45, 2.75) is 58.1 Å². The second kappa shape index (κ2) is 6.74. The zero-order valence-corrected chi connectivity index (χ0v) is 12.8. The van der Waals surface area contributed by atoms with E-state index in [1.807, 2.05) is 25.7 Å². The van der Waals surface area contributed by atoms with Crippen LogP contribution in [0.1, 0.15) is 46.5 Å². The average molecular weight is 306 g/mol. The maximum absolute atomic E-state index is 12.1. The molecule has 1 saturated carbocycles. The first-order chi connectivity index (χ1) is 7.94. The highest BCUT2D eigenvalue weighted by atomic mass is 79.9. The van der Waals surface area contributed by atoms with Crippen LogP contribution in [0.2, 0.25) is 0 Å². The van der Waals surface area contributed by atoms with E-state index in [2.05, 4.69) is 15.9 Å². The Morgan fingerprint density at radius 2 is 1.94 bits per heavy atom. The van der Waals surface area contributed by atoms with E-state index in [1.165, 1.54) is 12.8 Å². The molecule has 4 heteroatoms. The summed E-state index contributed by atoms with van der Waals surface area (Å²) in [7, 11) is 0. The molecule has 1 rings (SSSR count). The van der Waals surface area contributed by atoms with E-state index in [1.54, 1.807) is 0 Å². The molecule has 0 aromatic carbocycles. The highest BCUT2D eigenvalue weighted by Crippen LogP contribution is 2.24. The summed E-state index contributed by atoms with van der Waals surface area (Å²) in [6.07, 6.45) is 4.79. The SMILES string of the molecule is CC(C)(C)OCC(=O)N(CCBr)C1CCCC1. The number of amides is 1. The van der Waals surface area contributed by atoms with Gasteiger partial charge in [-0.3, -0.25) is 4.79 Å². The van der Waals surface area contributed by atoms with E-state index in [0.29, 0.717) is 6.04 Å². The minimum Gasteiger partial charge on any atom is -0.366 e. The van der Waals surface area contributed by atoms with Gasteiger partial charge in [-0.2, -0.15) is 0 Å². The van der Waals surface area contributed by atoms with Crippen LogP contribution < -0.4 is 0 Å². The lowest BCUT2D eigenvalue weighted by Gasteiger charge is -2.30. The standard InChI is InChI=1S/C13H24BrNO2/c1-13(2,3)17-10-12(16)15(9-8-14)11-6-4-5-7-11/h11H,4-10H2,1-3H3. The monoisotopic (exact) mass is 305 g/mol. The zero-order valence-electron chi connectivity index (χ0n) is 11.2. The Hall–Kier alpha value is -0.0900. The number of alkyl halides is 1. The van der Waals surface area contributed by atoms with Gasteiger partial charge in [0.2, 0.25) is 5.91 Å². The average Bonchev–Trinajstić information content (AvgIpc) is 2.74. The molecule has 0 aromatic heterocycles. The molecule has 3 nitrogen and oxygen atoms in total. The van der Waals surface area contributed by atoms with Gasteiger partial charge in [0.05, 0.1) is 5.60 Å². The molecule has 0 atom stereocenters. The van der Waals surface area contributed by atoms with E-state index >= 15 is 0 Å². The van der Waals surface area contributed by atoms with Crippen molar-refractivity contribution < 1.29 is 9.53 Å². The molecule has 100 valence electrons. The van der Waals surface area contributed by atoms with E-state index in [-0.39, 0.29) is 18.1 Å². The van der Waals surface area contributed by atoms with Gasteiger partial charge in [-0.05, 0) is 33.6 Å². The third-order valence-electron chi connectivity index (χ3n) is 3.04. The normalized spacial score (nSPS) is 17.4. The van der Waals surface area contributed by atoms with Gasteiger partial charge in [0.15, 0.2) is 0 Å². The zero-order chi connectivity index (χ0) is 12.9. The lowest BCUT2D eigenvalue weighted by atomic mass is 10.2. The van der Waals surface area contributed by atoms with Crippen LogP contribution in [0.25, 0.3) is 0 Å². The minimum atomic E-state index is -0.245. The van der Waals surface area contributed by atoms with Gasteiger partial charge in [-0.15, -0.1) is 0 Å². The van der Waals surface area contributed by atoms with Crippen LogP contribution in [-0.4, -0.2) is 40.9 Å². The smallest absolute Gasteiger partial charge is 0.248 e. The fourth-order valence-electron chi connectivity index (χ4n) is 2.18. The number of carbonyl (C=O) groups excluding carboxylic acids is 1. The van der Waals surface area contributed by atoms with Gasteiger partial charge in [0.25, 0.3) is 0 Å². The van der Waals surface area contributed by atoms with Crippen molar-refractivity contribution in [2.75, 3.05) is 18.5 Å². The molecule has 0 spiro atoms. The highest BCUT2D eigenvalue weighted by Gasteiger charge is 2.26. The number of halogens is 1. The van der Waals surface area contributed by atoms with Crippen molar-refractivity contribution in [1.29, 1.82) is 0 Å². The quantitative estimate of drug-likeness (QED) is 0.731. The third kappa shape index (κ3) is 5.38. The molecule has 0 unspecified atom stereocenters. The Kier molecular flexibility index (Phi) is 5.93. The first-order valence-electron chi connectivity index (χ1n) is 6.43.